The van der Waals surface area contributed by atoms with Crippen LogP contribution in [-0.2, 0) is 11.1 Å². The third-order valence-corrected chi connectivity index (χ3v) is 1.70. The lowest BCUT2D eigenvalue weighted by molar-refractivity contribution is -0.276. The van der Waals surface area contributed by atoms with E-state index in [4.69, 9.17) is 4.55 Å². The van der Waals surface area contributed by atoms with Crippen LogP contribution < -0.4 is 5.73 Å². The van der Waals surface area contributed by atoms with E-state index in [1.807, 2.05) is 0 Å². The van der Waals surface area contributed by atoms with Gasteiger partial charge in [0.25, 0.3) is 0 Å². The lowest BCUT2D eigenvalue weighted by Crippen LogP contribution is -2.60. The van der Waals surface area contributed by atoms with E-state index in [2.05, 4.69) is 5.73 Å². The summed E-state index contributed by atoms with van der Waals surface area (Å²) in [4.78, 5) is 0. The van der Waals surface area contributed by atoms with Gasteiger partial charge in [-0.1, -0.05) is 0 Å². The number of hydrogen-bond donors (Lipinski definition) is 2. The predicted octanol–water partition coefficient (Wildman–Crippen LogP) is 0.988. The van der Waals surface area contributed by atoms with Gasteiger partial charge in [-0.3, -0.25) is 5.73 Å². The second-order valence-corrected chi connectivity index (χ2v) is 2.97. The average molecular weight is 231 g/mol. The van der Waals surface area contributed by atoms with Gasteiger partial charge in [0.2, 0.25) is 11.1 Å². The molecule has 0 bridgehead atoms. The smallest absolute Gasteiger partial charge is 0.301 e. The lowest BCUT2D eigenvalue weighted by atomic mass is 10.3. The molecule has 0 aromatic carbocycles. The molecule has 1 unspecified atom stereocenters. The fourth-order valence-corrected chi connectivity index (χ4v) is 0.659. The van der Waals surface area contributed by atoms with Gasteiger partial charge in [0, 0.05) is 0 Å². The minimum atomic E-state index is -6.08. The molecule has 0 radical (unpaired) electrons. The first-order valence-electron chi connectivity index (χ1n) is 2.48. The Morgan fingerprint density at radius 3 is 1.46 bits per heavy atom. The van der Waals surface area contributed by atoms with Crippen molar-refractivity contribution in [3.05, 3.63) is 0 Å². The van der Waals surface area contributed by atoms with E-state index < -0.39 is 28.3 Å². The summed E-state index contributed by atoms with van der Waals surface area (Å²) in [5.74, 6) is -6.08. The molecule has 0 aliphatic rings. The average Bonchev–Trinajstić information content (AvgIpc) is 1.84. The minimum absolute atomic E-state index is 3.43. The molecule has 0 aromatic rings. The molecule has 0 aliphatic heterocycles. The number of rotatable bonds is 3. The number of halogens is 6. The van der Waals surface area contributed by atoms with Gasteiger partial charge < -0.3 is 4.55 Å². The molecule has 0 saturated heterocycles. The van der Waals surface area contributed by atoms with E-state index in [9.17, 15) is 30.6 Å². The van der Waals surface area contributed by atoms with Crippen LogP contribution in [0, 0.1) is 0 Å². The third-order valence-electron chi connectivity index (χ3n) is 1.00. The van der Waals surface area contributed by atoms with E-state index in [1.54, 1.807) is 0 Å². The topological polar surface area (TPSA) is 63.3 Å². The normalized spacial score (nSPS) is 17.2. The van der Waals surface area contributed by atoms with Crippen molar-refractivity contribution in [2.45, 2.75) is 17.2 Å². The van der Waals surface area contributed by atoms with Crippen molar-refractivity contribution in [1.82, 2.24) is 0 Å². The third kappa shape index (κ3) is 1.94. The Labute approximate surface area is 70.2 Å². The van der Waals surface area contributed by atoms with Crippen molar-refractivity contribution in [1.29, 1.82) is 0 Å². The molecule has 0 amide bonds. The Bertz CT molecular complexity index is 224. The summed E-state index contributed by atoms with van der Waals surface area (Å²) >= 11 is -4.44. The largest absolute Gasteiger partial charge is 0.414 e. The Balaban J connectivity index is 5.16. The van der Waals surface area contributed by atoms with E-state index in [0.717, 1.165) is 0 Å². The maximum absolute atomic E-state index is 12.0. The van der Waals surface area contributed by atoms with Gasteiger partial charge in [-0.2, -0.15) is 26.3 Å². The van der Waals surface area contributed by atoms with Gasteiger partial charge in [-0.05, 0) is 0 Å². The monoisotopic (exact) mass is 231 g/mol. The van der Waals surface area contributed by atoms with Crippen LogP contribution in [0.2, 0.25) is 0 Å². The molecule has 1 atom stereocenters. The second kappa shape index (κ2) is 3.10. The standard InChI is InChI=1S/C3H3F6NO2S/c4-1(5,2(6,7)10)3(8,9)13(11)12/h10H2,(H,11,12). The van der Waals surface area contributed by atoms with Crippen LogP contribution in [0.4, 0.5) is 26.3 Å². The fourth-order valence-electron chi connectivity index (χ4n) is 0.304. The van der Waals surface area contributed by atoms with Gasteiger partial charge >= 0.3 is 17.2 Å². The highest BCUT2D eigenvalue weighted by molar-refractivity contribution is 7.80. The first-order valence-corrected chi connectivity index (χ1v) is 3.58. The van der Waals surface area contributed by atoms with Crippen LogP contribution in [0.15, 0.2) is 0 Å². The Kier molecular flexibility index (Phi) is 3.02. The molecule has 0 spiro atoms. The SMILES string of the molecule is NC(F)(F)C(F)(F)C(F)(F)S(=O)O. The van der Waals surface area contributed by atoms with E-state index >= 15 is 0 Å². The minimum Gasteiger partial charge on any atom is -0.301 e. The highest BCUT2D eigenvalue weighted by Gasteiger charge is 2.73. The van der Waals surface area contributed by atoms with Crippen LogP contribution in [0.5, 0.6) is 0 Å². The maximum Gasteiger partial charge on any atom is 0.414 e. The van der Waals surface area contributed by atoms with Crippen molar-refractivity contribution >= 4 is 11.1 Å². The van der Waals surface area contributed by atoms with Crippen LogP contribution in [0.1, 0.15) is 0 Å². The summed E-state index contributed by atoms with van der Waals surface area (Å²) < 4.78 is 88.4. The Hall–Kier alpha value is -0.350. The van der Waals surface area contributed by atoms with Gasteiger partial charge in [0.05, 0.1) is 0 Å². The van der Waals surface area contributed by atoms with Gasteiger partial charge in [-0.15, -0.1) is 0 Å². The molecule has 0 rings (SSSR count). The summed E-state index contributed by atoms with van der Waals surface area (Å²) in [7, 11) is 0. The van der Waals surface area contributed by atoms with E-state index in [0.29, 0.717) is 0 Å². The first-order chi connectivity index (χ1) is 5.44. The van der Waals surface area contributed by atoms with Crippen molar-refractivity contribution < 1.29 is 35.1 Å². The van der Waals surface area contributed by atoms with Crippen molar-refractivity contribution in [3.8, 4) is 0 Å². The molecular weight excluding hydrogens is 228 g/mol. The van der Waals surface area contributed by atoms with Crippen LogP contribution in [0.25, 0.3) is 0 Å². The molecule has 3 N–H and O–H groups in total. The molecular formula is C3H3F6NO2S. The molecule has 80 valence electrons. The Morgan fingerprint density at radius 2 is 1.38 bits per heavy atom. The zero-order chi connectivity index (χ0) is 11.1. The molecule has 0 saturated carbocycles. The van der Waals surface area contributed by atoms with Crippen molar-refractivity contribution in [2.75, 3.05) is 0 Å². The molecule has 0 fully saturated rings. The first kappa shape index (κ1) is 12.7. The molecule has 0 aromatic heterocycles. The van der Waals surface area contributed by atoms with E-state index in [-0.39, 0.29) is 0 Å². The summed E-state index contributed by atoms with van der Waals surface area (Å²) in [5.41, 5.74) is 3.43. The van der Waals surface area contributed by atoms with Gasteiger partial charge in [0.1, 0.15) is 0 Å². The number of hydrogen-bond acceptors (Lipinski definition) is 2. The highest BCUT2D eigenvalue weighted by atomic mass is 32.2. The molecule has 0 aliphatic carbocycles. The molecule has 3 nitrogen and oxygen atoms in total. The van der Waals surface area contributed by atoms with Crippen LogP contribution in [0.3, 0.4) is 0 Å². The summed E-state index contributed by atoms with van der Waals surface area (Å²) in [5, 5.41) is -5.80. The van der Waals surface area contributed by atoms with Gasteiger partial charge in [0.15, 0.2) is 0 Å². The van der Waals surface area contributed by atoms with Crippen molar-refractivity contribution in [3.63, 3.8) is 0 Å². The predicted molar refractivity (Wildman–Crippen MR) is 29.8 cm³/mol. The Morgan fingerprint density at radius 1 is 1.08 bits per heavy atom. The van der Waals surface area contributed by atoms with E-state index in [1.165, 1.54) is 0 Å². The zero-order valence-corrected chi connectivity index (χ0v) is 6.43. The van der Waals surface area contributed by atoms with Crippen LogP contribution >= 0.6 is 0 Å². The fraction of sp³-hybridized carbons (Fsp3) is 1.00. The summed E-state index contributed by atoms with van der Waals surface area (Å²) in [6.07, 6.45) is 0. The molecule has 10 heteroatoms. The van der Waals surface area contributed by atoms with Gasteiger partial charge in [-0.25, -0.2) is 4.21 Å². The summed E-state index contributed by atoms with van der Waals surface area (Å²) in [6, 6.07) is -5.57. The molecule has 0 heterocycles. The maximum atomic E-state index is 12.0. The quantitative estimate of drug-likeness (QED) is 0.432. The second-order valence-electron chi connectivity index (χ2n) is 1.96. The van der Waals surface area contributed by atoms with Crippen LogP contribution in [-0.4, -0.2) is 26.0 Å². The zero-order valence-electron chi connectivity index (χ0n) is 5.61. The number of nitrogens with two attached hydrogens (primary N) is 1. The molecule has 13 heavy (non-hydrogen) atoms. The highest BCUT2D eigenvalue weighted by Crippen LogP contribution is 2.44. The lowest BCUT2D eigenvalue weighted by Gasteiger charge is -2.27. The summed E-state index contributed by atoms with van der Waals surface area (Å²) in [6.45, 7) is 0. The van der Waals surface area contributed by atoms with Crippen molar-refractivity contribution in [2.24, 2.45) is 5.73 Å². The number of alkyl halides is 6.